The van der Waals surface area contributed by atoms with Gasteiger partial charge in [0, 0.05) is 12.1 Å². The normalized spacial score (nSPS) is 12.0. The summed E-state index contributed by atoms with van der Waals surface area (Å²) in [4.78, 5) is 36.6. The molecule has 0 aliphatic rings. The van der Waals surface area contributed by atoms with Crippen LogP contribution in [0, 0.1) is 17.6 Å². The fourth-order valence-corrected chi connectivity index (χ4v) is 3.62. The molecule has 4 N–H and O–H groups in total. The highest BCUT2D eigenvalue weighted by Gasteiger charge is 2.21. The van der Waals surface area contributed by atoms with Gasteiger partial charge in [0.05, 0.1) is 16.8 Å². The summed E-state index contributed by atoms with van der Waals surface area (Å²) in [5, 5.41) is 12.3. The SMILES string of the molecule is CC(C)[C@H](NCCc1ccc(-n2c(N)c(C(=O)c3ccc(F)cc3F)ccc2=O)cc1)C(=O)O. The molecule has 1 aromatic heterocycles. The van der Waals surface area contributed by atoms with Crippen LogP contribution in [0.4, 0.5) is 14.6 Å². The maximum atomic E-state index is 14.1. The van der Waals surface area contributed by atoms with E-state index in [-0.39, 0.29) is 22.9 Å². The number of carboxylic acids is 1. The summed E-state index contributed by atoms with van der Waals surface area (Å²) in [6.45, 7) is 4.10. The number of pyridine rings is 1. The first kappa shape index (κ1) is 24.8. The first-order valence-electron chi connectivity index (χ1n) is 10.7. The van der Waals surface area contributed by atoms with E-state index in [1.807, 2.05) is 13.8 Å². The number of hydrogen-bond acceptors (Lipinski definition) is 5. The van der Waals surface area contributed by atoms with Gasteiger partial charge in [-0.05, 0) is 54.8 Å². The molecule has 0 radical (unpaired) electrons. The Morgan fingerprint density at radius 2 is 1.68 bits per heavy atom. The molecule has 9 heteroatoms. The lowest BCUT2D eigenvalue weighted by Crippen LogP contribution is -2.41. The summed E-state index contributed by atoms with van der Waals surface area (Å²) in [5.41, 5.74) is 6.49. The van der Waals surface area contributed by atoms with Gasteiger partial charge in [-0.2, -0.15) is 0 Å². The molecule has 0 unspecified atom stereocenters. The van der Waals surface area contributed by atoms with Gasteiger partial charge in [0.1, 0.15) is 23.5 Å². The number of carbonyl (C=O) groups excluding carboxylic acids is 1. The highest BCUT2D eigenvalue weighted by atomic mass is 19.1. The van der Waals surface area contributed by atoms with Gasteiger partial charge in [-0.1, -0.05) is 26.0 Å². The third-order valence-electron chi connectivity index (χ3n) is 5.46. The monoisotopic (exact) mass is 469 g/mol. The van der Waals surface area contributed by atoms with Gasteiger partial charge in [0.25, 0.3) is 5.56 Å². The van der Waals surface area contributed by atoms with Gasteiger partial charge >= 0.3 is 5.97 Å². The maximum absolute atomic E-state index is 14.1. The van der Waals surface area contributed by atoms with Crippen molar-refractivity contribution < 1.29 is 23.5 Å². The van der Waals surface area contributed by atoms with E-state index < -0.39 is 35.0 Å². The van der Waals surface area contributed by atoms with Crippen LogP contribution >= 0.6 is 0 Å². The second-order valence-electron chi connectivity index (χ2n) is 8.19. The Hall–Kier alpha value is -3.85. The summed E-state index contributed by atoms with van der Waals surface area (Å²) in [6, 6.07) is 11.2. The van der Waals surface area contributed by atoms with Crippen molar-refractivity contribution in [2.24, 2.45) is 5.92 Å². The number of nitrogen functional groups attached to an aromatic ring is 1. The van der Waals surface area contributed by atoms with E-state index in [0.29, 0.717) is 24.7 Å². The average molecular weight is 469 g/mol. The summed E-state index contributed by atoms with van der Waals surface area (Å²) >= 11 is 0. The largest absolute Gasteiger partial charge is 0.480 e. The lowest BCUT2D eigenvalue weighted by atomic mass is 10.0. The third-order valence-corrected chi connectivity index (χ3v) is 5.46. The quantitative estimate of drug-likeness (QED) is 0.415. The van der Waals surface area contributed by atoms with Crippen LogP contribution in [0.25, 0.3) is 5.69 Å². The first-order valence-corrected chi connectivity index (χ1v) is 10.7. The van der Waals surface area contributed by atoms with Crippen molar-refractivity contribution in [3.8, 4) is 5.69 Å². The molecule has 34 heavy (non-hydrogen) atoms. The first-order chi connectivity index (χ1) is 16.1. The predicted molar refractivity (Wildman–Crippen MR) is 124 cm³/mol. The molecule has 0 bridgehead atoms. The number of rotatable bonds is 9. The molecule has 3 aromatic rings. The van der Waals surface area contributed by atoms with E-state index in [1.165, 1.54) is 6.07 Å². The third kappa shape index (κ3) is 5.37. The topological polar surface area (TPSA) is 114 Å². The molecule has 2 aromatic carbocycles. The van der Waals surface area contributed by atoms with Crippen LogP contribution in [0.2, 0.25) is 0 Å². The van der Waals surface area contributed by atoms with Gasteiger partial charge in [-0.15, -0.1) is 0 Å². The number of nitrogens with two attached hydrogens (primary N) is 1. The fraction of sp³-hybridized carbons (Fsp3) is 0.240. The molecule has 0 aliphatic heterocycles. The lowest BCUT2D eigenvalue weighted by molar-refractivity contribution is -0.140. The van der Waals surface area contributed by atoms with Crippen LogP contribution in [0.1, 0.15) is 35.3 Å². The molecule has 0 saturated heterocycles. The number of benzene rings is 2. The van der Waals surface area contributed by atoms with Gasteiger partial charge in [-0.25, -0.2) is 8.78 Å². The molecule has 0 aliphatic carbocycles. The smallest absolute Gasteiger partial charge is 0.320 e. The van der Waals surface area contributed by atoms with Crippen molar-refractivity contribution in [3.63, 3.8) is 0 Å². The Labute approximate surface area is 194 Å². The Morgan fingerprint density at radius 1 is 1.03 bits per heavy atom. The zero-order valence-electron chi connectivity index (χ0n) is 18.7. The maximum Gasteiger partial charge on any atom is 0.320 e. The average Bonchev–Trinajstić information content (AvgIpc) is 2.77. The van der Waals surface area contributed by atoms with E-state index in [0.717, 1.165) is 28.3 Å². The van der Waals surface area contributed by atoms with Gasteiger partial charge in [-0.3, -0.25) is 19.0 Å². The minimum Gasteiger partial charge on any atom is -0.480 e. The van der Waals surface area contributed by atoms with Crippen molar-refractivity contribution in [1.82, 2.24) is 9.88 Å². The van der Waals surface area contributed by atoms with Crippen LogP contribution < -0.4 is 16.6 Å². The number of carboxylic acid groups (broad SMARTS) is 1. The molecular weight excluding hydrogens is 444 g/mol. The van der Waals surface area contributed by atoms with Gasteiger partial charge < -0.3 is 16.2 Å². The van der Waals surface area contributed by atoms with E-state index in [9.17, 15) is 28.3 Å². The van der Waals surface area contributed by atoms with Crippen molar-refractivity contribution in [3.05, 3.63) is 93.3 Å². The van der Waals surface area contributed by atoms with Crippen LogP contribution in [0.5, 0.6) is 0 Å². The number of nitrogens with one attached hydrogen (secondary N) is 1. The van der Waals surface area contributed by atoms with E-state index in [4.69, 9.17) is 5.73 Å². The van der Waals surface area contributed by atoms with Crippen molar-refractivity contribution in [2.75, 3.05) is 12.3 Å². The second kappa shape index (κ2) is 10.4. The number of aromatic nitrogens is 1. The number of aliphatic carboxylic acids is 1. The lowest BCUT2D eigenvalue weighted by Gasteiger charge is -2.18. The summed E-state index contributed by atoms with van der Waals surface area (Å²) < 4.78 is 28.4. The number of ketones is 1. The molecule has 7 nitrogen and oxygen atoms in total. The standard InChI is InChI=1S/C25H25F2N3O4/c1-14(2)22(25(33)34)29-12-11-15-3-6-17(7-4-15)30-21(31)10-9-19(24(30)28)23(32)18-8-5-16(26)13-20(18)27/h3-10,13-14,22,29H,11-12,28H2,1-2H3,(H,33,34)/t22-/m0/s1. The van der Waals surface area contributed by atoms with Crippen molar-refractivity contribution in [2.45, 2.75) is 26.3 Å². The van der Waals surface area contributed by atoms with Crippen molar-refractivity contribution >= 4 is 17.6 Å². The Bertz CT molecular complexity index is 1270. The molecule has 0 saturated carbocycles. The minimum absolute atomic E-state index is 0.0619. The molecule has 178 valence electrons. The van der Waals surface area contributed by atoms with Crippen LogP contribution in [-0.2, 0) is 11.2 Å². The molecule has 0 fully saturated rings. The number of anilines is 1. The van der Waals surface area contributed by atoms with Crippen molar-refractivity contribution in [1.29, 1.82) is 0 Å². The van der Waals surface area contributed by atoms with Crippen LogP contribution in [0.15, 0.2) is 59.4 Å². The Kier molecular flexibility index (Phi) is 7.57. The minimum atomic E-state index is -1.03. The Morgan fingerprint density at radius 3 is 2.26 bits per heavy atom. The summed E-state index contributed by atoms with van der Waals surface area (Å²) in [7, 11) is 0. The molecule has 1 atom stereocenters. The van der Waals surface area contributed by atoms with Gasteiger partial charge in [0.2, 0.25) is 0 Å². The summed E-state index contributed by atoms with van der Waals surface area (Å²) in [5.74, 6) is -3.75. The highest BCUT2D eigenvalue weighted by Crippen LogP contribution is 2.21. The number of nitrogens with zero attached hydrogens (tertiary/aromatic N) is 1. The van der Waals surface area contributed by atoms with E-state index in [1.54, 1.807) is 24.3 Å². The molecule has 0 amide bonds. The number of hydrogen-bond donors (Lipinski definition) is 3. The number of carbonyl (C=O) groups is 2. The summed E-state index contributed by atoms with van der Waals surface area (Å²) in [6.07, 6.45) is 0.559. The Balaban J connectivity index is 1.83. The van der Waals surface area contributed by atoms with Crippen LogP contribution in [-0.4, -0.2) is 34.0 Å². The zero-order valence-corrected chi connectivity index (χ0v) is 18.7. The fourth-order valence-electron chi connectivity index (χ4n) is 3.62. The van der Waals surface area contributed by atoms with E-state index in [2.05, 4.69) is 5.32 Å². The molecule has 3 rings (SSSR count). The van der Waals surface area contributed by atoms with E-state index >= 15 is 0 Å². The molecule has 1 heterocycles. The molecular formula is C25H25F2N3O4. The van der Waals surface area contributed by atoms with Gasteiger partial charge in [0.15, 0.2) is 5.78 Å². The molecule has 0 spiro atoms. The van der Waals surface area contributed by atoms with Crippen LogP contribution in [0.3, 0.4) is 0 Å². The highest BCUT2D eigenvalue weighted by molar-refractivity contribution is 6.11. The zero-order chi connectivity index (χ0) is 25.0. The number of halogens is 2. The predicted octanol–water partition coefficient (Wildman–Crippen LogP) is 3.17. The second-order valence-corrected chi connectivity index (χ2v) is 8.19.